The van der Waals surface area contributed by atoms with Crippen molar-refractivity contribution in [3.8, 4) is 11.1 Å². The molecule has 0 aliphatic rings. The molecule has 29 heavy (non-hydrogen) atoms. The highest BCUT2D eigenvalue weighted by Crippen LogP contribution is 2.26. The number of nitrogens with one attached hydrogen (secondary N) is 2. The summed E-state index contributed by atoms with van der Waals surface area (Å²) < 4.78 is 27.6. The molecule has 148 valence electrons. The lowest BCUT2D eigenvalue weighted by Crippen LogP contribution is -2.17. The van der Waals surface area contributed by atoms with Crippen LogP contribution in [0.4, 0.5) is 26.0 Å². The topological polar surface area (TPSA) is 103 Å². The Balaban J connectivity index is 2.01. The Hall–Kier alpha value is -3.88. The van der Waals surface area contributed by atoms with Crippen molar-refractivity contribution in [3.05, 3.63) is 71.9 Å². The quantitative estimate of drug-likeness (QED) is 0.256. The standard InChI is InChI=1S/C20H19F2N7/c1-29(2)14-8-6-12(7-9-14)13-10-15(19(23)25-11-13)20(27-28-24)26-17-5-3-4-16(21)18(17)22/h3-11H,1-2H3,(H2,23,25)(H2,24,26,27). The van der Waals surface area contributed by atoms with Crippen LogP contribution in [0.2, 0.25) is 0 Å². The third-order valence-corrected chi connectivity index (χ3v) is 4.25. The largest absolute Gasteiger partial charge is 0.383 e. The van der Waals surface area contributed by atoms with E-state index in [9.17, 15) is 8.78 Å². The maximum atomic E-state index is 14.0. The van der Waals surface area contributed by atoms with Crippen LogP contribution in [-0.2, 0) is 0 Å². The van der Waals surface area contributed by atoms with Crippen LogP contribution in [0.3, 0.4) is 0 Å². The number of rotatable bonds is 5. The molecule has 3 aromatic rings. The molecule has 0 aliphatic carbocycles. The molecule has 0 unspecified atom stereocenters. The Kier molecular flexibility index (Phi) is 5.77. The molecule has 7 nitrogen and oxygen atoms in total. The van der Waals surface area contributed by atoms with E-state index in [0.717, 1.165) is 22.9 Å². The summed E-state index contributed by atoms with van der Waals surface area (Å²) in [5, 5.41) is 9.32. The zero-order valence-electron chi connectivity index (χ0n) is 15.8. The van der Waals surface area contributed by atoms with Gasteiger partial charge in [-0.15, -0.1) is 5.10 Å². The Morgan fingerprint density at radius 1 is 1.10 bits per heavy atom. The third kappa shape index (κ3) is 4.34. The predicted molar refractivity (Wildman–Crippen MR) is 110 cm³/mol. The molecule has 1 heterocycles. The van der Waals surface area contributed by atoms with Crippen molar-refractivity contribution in [2.45, 2.75) is 0 Å². The number of nitrogen functional groups attached to an aromatic ring is 1. The van der Waals surface area contributed by atoms with E-state index in [1.807, 2.05) is 43.3 Å². The molecule has 0 amide bonds. The number of nitrogens with two attached hydrogens (primary N) is 1. The van der Waals surface area contributed by atoms with Gasteiger partial charge < -0.3 is 16.0 Å². The van der Waals surface area contributed by atoms with Crippen molar-refractivity contribution in [3.63, 3.8) is 0 Å². The zero-order valence-corrected chi connectivity index (χ0v) is 15.8. The van der Waals surface area contributed by atoms with Gasteiger partial charge in [-0.05, 0) is 35.9 Å². The van der Waals surface area contributed by atoms with E-state index in [4.69, 9.17) is 11.3 Å². The summed E-state index contributed by atoms with van der Waals surface area (Å²) in [5.41, 5.74) is 15.8. The number of pyridine rings is 1. The van der Waals surface area contributed by atoms with Crippen LogP contribution in [0.25, 0.3) is 11.1 Å². The van der Waals surface area contributed by atoms with Crippen molar-refractivity contribution >= 4 is 23.0 Å². The van der Waals surface area contributed by atoms with E-state index in [1.54, 1.807) is 12.3 Å². The first kappa shape index (κ1) is 19.9. The molecule has 0 saturated carbocycles. The number of benzene rings is 2. The molecule has 0 atom stereocenters. The van der Waals surface area contributed by atoms with Crippen LogP contribution in [-0.4, -0.2) is 24.9 Å². The first-order valence-electron chi connectivity index (χ1n) is 8.60. The lowest BCUT2D eigenvalue weighted by atomic mass is 10.0. The third-order valence-electron chi connectivity index (χ3n) is 4.25. The number of aromatic nitrogens is 1. The molecule has 0 bridgehead atoms. The van der Waals surface area contributed by atoms with Gasteiger partial charge >= 0.3 is 0 Å². The second-order valence-corrected chi connectivity index (χ2v) is 6.37. The minimum Gasteiger partial charge on any atom is -0.383 e. The van der Waals surface area contributed by atoms with Gasteiger partial charge in [0.25, 0.3) is 0 Å². The lowest BCUT2D eigenvalue weighted by Gasteiger charge is -2.14. The van der Waals surface area contributed by atoms with E-state index in [0.29, 0.717) is 5.56 Å². The maximum absolute atomic E-state index is 14.0. The van der Waals surface area contributed by atoms with Crippen molar-refractivity contribution < 1.29 is 8.78 Å². The fraction of sp³-hybridized carbons (Fsp3) is 0.100. The lowest BCUT2D eigenvalue weighted by molar-refractivity contribution is 0.512. The molecule has 3 rings (SSSR count). The van der Waals surface area contributed by atoms with Gasteiger partial charge in [0.1, 0.15) is 5.82 Å². The van der Waals surface area contributed by atoms with Crippen LogP contribution < -0.4 is 16.0 Å². The summed E-state index contributed by atoms with van der Waals surface area (Å²) in [4.78, 5) is 6.15. The van der Waals surface area contributed by atoms with E-state index < -0.39 is 11.6 Å². The SMILES string of the molecule is CN(C)c1ccc(-c2cnc(N)c(/C(=N/N=N)Nc3cccc(F)c3F)c2)cc1. The van der Waals surface area contributed by atoms with Crippen LogP contribution in [0, 0.1) is 17.2 Å². The maximum Gasteiger partial charge on any atom is 0.182 e. The van der Waals surface area contributed by atoms with Gasteiger partial charge in [0.15, 0.2) is 17.5 Å². The number of hydrogen-bond donors (Lipinski definition) is 3. The summed E-state index contributed by atoms with van der Waals surface area (Å²) in [6, 6.07) is 13.2. The minimum atomic E-state index is -1.08. The average Bonchev–Trinajstić information content (AvgIpc) is 2.71. The predicted octanol–water partition coefficient (Wildman–Crippen LogP) is 4.48. The molecule has 2 aromatic carbocycles. The summed E-state index contributed by atoms with van der Waals surface area (Å²) in [5.74, 6) is -2.02. The van der Waals surface area contributed by atoms with E-state index >= 15 is 0 Å². The monoisotopic (exact) mass is 395 g/mol. The number of halogens is 2. The summed E-state index contributed by atoms with van der Waals surface area (Å²) in [6.45, 7) is 0. The first-order chi connectivity index (χ1) is 13.9. The molecule has 0 saturated heterocycles. The van der Waals surface area contributed by atoms with Gasteiger partial charge in [-0.1, -0.05) is 23.4 Å². The Morgan fingerprint density at radius 3 is 2.48 bits per heavy atom. The number of hydrogen-bond acceptors (Lipinski definition) is 5. The van der Waals surface area contributed by atoms with Crippen molar-refractivity contribution in [2.75, 3.05) is 30.0 Å². The average molecular weight is 395 g/mol. The Morgan fingerprint density at radius 2 is 1.83 bits per heavy atom. The van der Waals surface area contributed by atoms with E-state index in [-0.39, 0.29) is 17.3 Å². The molecule has 0 spiro atoms. The van der Waals surface area contributed by atoms with Crippen LogP contribution >= 0.6 is 0 Å². The van der Waals surface area contributed by atoms with Crippen LogP contribution in [0.1, 0.15) is 5.56 Å². The van der Waals surface area contributed by atoms with Gasteiger partial charge in [-0.2, -0.15) is 5.53 Å². The normalized spacial score (nSPS) is 11.2. The molecular formula is C20H19F2N7. The number of anilines is 3. The fourth-order valence-electron chi connectivity index (χ4n) is 2.70. The molecule has 0 fully saturated rings. The highest BCUT2D eigenvalue weighted by atomic mass is 19.2. The van der Waals surface area contributed by atoms with Crippen molar-refractivity contribution in [1.82, 2.24) is 4.98 Å². The number of amidine groups is 1. The molecule has 0 aliphatic heterocycles. The summed E-state index contributed by atoms with van der Waals surface area (Å²) >= 11 is 0. The van der Waals surface area contributed by atoms with Gasteiger partial charge in [0.2, 0.25) is 0 Å². The smallest absolute Gasteiger partial charge is 0.182 e. The molecule has 4 N–H and O–H groups in total. The Bertz CT molecular complexity index is 1060. The van der Waals surface area contributed by atoms with Gasteiger partial charge in [-0.3, -0.25) is 0 Å². The zero-order chi connectivity index (χ0) is 21.0. The molecular weight excluding hydrogens is 376 g/mol. The second-order valence-electron chi connectivity index (χ2n) is 6.37. The summed E-state index contributed by atoms with van der Waals surface area (Å²) in [6.07, 6.45) is 1.60. The van der Waals surface area contributed by atoms with Gasteiger partial charge in [0.05, 0.1) is 11.3 Å². The molecule has 9 heteroatoms. The van der Waals surface area contributed by atoms with Crippen molar-refractivity contribution in [1.29, 1.82) is 5.53 Å². The van der Waals surface area contributed by atoms with Crippen molar-refractivity contribution in [2.24, 2.45) is 10.3 Å². The molecule has 1 aromatic heterocycles. The highest BCUT2D eigenvalue weighted by Gasteiger charge is 2.15. The van der Waals surface area contributed by atoms with Gasteiger partial charge in [0, 0.05) is 31.5 Å². The fourth-order valence-corrected chi connectivity index (χ4v) is 2.70. The van der Waals surface area contributed by atoms with Gasteiger partial charge in [-0.25, -0.2) is 13.8 Å². The minimum absolute atomic E-state index is 0.0266. The van der Waals surface area contributed by atoms with Crippen LogP contribution in [0.15, 0.2) is 65.1 Å². The number of nitrogens with zero attached hydrogens (tertiary/aromatic N) is 4. The van der Waals surface area contributed by atoms with E-state index in [2.05, 4.69) is 20.6 Å². The second kappa shape index (κ2) is 8.42. The Labute approximate surface area is 166 Å². The highest BCUT2D eigenvalue weighted by molar-refractivity contribution is 6.11. The molecule has 0 radical (unpaired) electrons. The summed E-state index contributed by atoms with van der Waals surface area (Å²) in [7, 11) is 3.89. The first-order valence-corrected chi connectivity index (χ1v) is 8.60. The van der Waals surface area contributed by atoms with Crippen LogP contribution in [0.5, 0.6) is 0 Å². The van der Waals surface area contributed by atoms with E-state index in [1.165, 1.54) is 12.1 Å².